The summed E-state index contributed by atoms with van der Waals surface area (Å²) in [4.78, 5) is 4.49. The molecule has 0 aliphatic heterocycles. The van der Waals surface area contributed by atoms with Crippen LogP contribution in [-0.2, 0) is 6.54 Å². The molecule has 84 valence electrons. The Kier molecular flexibility index (Phi) is 2.67. The summed E-state index contributed by atoms with van der Waals surface area (Å²) in [6.45, 7) is 0.646. The summed E-state index contributed by atoms with van der Waals surface area (Å²) in [6.07, 6.45) is 1.67. The van der Waals surface area contributed by atoms with Gasteiger partial charge in [-0.25, -0.2) is 4.98 Å². The summed E-state index contributed by atoms with van der Waals surface area (Å²) in [6, 6.07) is 11.9. The van der Waals surface area contributed by atoms with Crippen LogP contribution in [-0.4, -0.2) is 15.2 Å². The van der Waals surface area contributed by atoms with Gasteiger partial charge in [0.05, 0.1) is 22.5 Å². The van der Waals surface area contributed by atoms with E-state index in [2.05, 4.69) is 26.6 Å². The highest BCUT2D eigenvalue weighted by molar-refractivity contribution is 7.22. The third kappa shape index (κ3) is 2.24. The first-order chi connectivity index (χ1) is 8.42. The molecule has 0 amide bonds. The molecule has 2 aromatic heterocycles. The number of hydrogen-bond acceptors (Lipinski definition) is 5. The van der Waals surface area contributed by atoms with Crippen LogP contribution in [0.3, 0.4) is 0 Å². The second-order valence-electron chi connectivity index (χ2n) is 3.56. The Hall–Kier alpha value is -2.01. The quantitative estimate of drug-likeness (QED) is 0.767. The van der Waals surface area contributed by atoms with Crippen LogP contribution >= 0.6 is 11.3 Å². The number of benzene rings is 1. The SMILES string of the molecule is c1cnnc(CNc2nc3ccccc3s2)c1. The lowest BCUT2D eigenvalue weighted by Gasteiger charge is -1.99. The Balaban J connectivity index is 1.77. The molecule has 3 rings (SSSR count). The zero-order valence-corrected chi connectivity index (χ0v) is 9.81. The highest BCUT2D eigenvalue weighted by atomic mass is 32.1. The number of anilines is 1. The molecule has 0 saturated carbocycles. The van der Waals surface area contributed by atoms with Crippen molar-refractivity contribution in [3.05, 3.63) is 48.3 Å². The smallest absolute Gasteiger partial charge is 0.184 e. The number of nitrogens with zero attached hydrogens (tertiary/aromatic N) is 3. The Morgan fingerprint density at radius 2 is 2.06 bits per heavy atom. The fourth-order valence-corrected chi connectivity index (χ4v) is 2.40. The zero-order chi connectivity index (χ0) is 11.5. The first-order valence-corrected chi connectivity index (χ1v) is 6.09. The summed E-state index contributed by atoms with van der Waals surface area (Å²) in [5, 5.41) is 12.0. The minimum Gasteiger partial charge on any atom is -0.356 e. The molecule has 0 bridgehead atoms. The summed E-state index contributed by atoms with van der Waals surface area (Å²) in [5.74, 6) is 0. The standard InChI is InChI=1S/C12H10N4S/c1-2-6-11-10(5-1)15-12(17-11)13-8-9-4-3-7-14-16-9/h1-7H,8H2,(H,13,15). The molecule has 0 saturated heterocycles. The van der Waals surface area contributed by atoms with Crippen LogP contribution in [0.15, 0.2) is 42.6 Å². The maximum Gasteiger partial charge on any atom is 0.184 e. The topological polar surface area (TPSA) is 50.7 Å². The average molecular weight is 242 g/mol. The molecule has 0 atom stereocenters. The third-order valence-electron chi connectivity index (χ3n) is 2.34. The van der Waals surface area contributed by atoms with Crippen LogP contribution in [0, 0.1) is 0 Å². The molecular formula is C12H10N4S. The summed E-state index contributed by atoms with van der Waals surface area (Å²) >= 11 is 1.65. The minimum absolute atomic E-state index is 0.646. The van der Waals surface area contributed by atoms with E-state index in [1.807, 2.05) is 30.3 Å². The highest BCUT2D eigenvalue weighted by Crippen LogP contribution is 2.25. The minimum atomic E-state index is 0.646. The molecule has 0 spiro atoms. The first-order valence-electron chi connectivity index (χ1n) is 5.28. The Bertz CT molecular complexity index is 587. The van der Waals surface area contributed by atoms with E-state index in [4.69, 9.17) is 0 Å². The molecule has 0 fully saturated rings. The van der Waals surface area contributed by atoms with Crippen molar-refractivity contribution in [1.29, 1.82) is 0 Å². The van der Waals surface area contributed by atoms with Crippen molar-refractivity contribution in [2.75, 3.05) is 5.32 Å². The van der Waals surface area contributed by atoms with Gasteiger partial charge in [-0.2, -0.15) is 10.2 Å². The van der Waals surface area contributed by atoms with Gasteiger partial charge in [-0.3, -0.25) is 0 Å². The van der Waals surface area contributed by atoms with Crippen LogP contribution in [0.25, 0.3) is 10.2 Å². The van der Waals surface area contributed by atoms with Gasteiger partial charge in [-0.15, -0.1) is 0 Å². The van der Waals surface area contributed by atoms with Crippen molar-refractivity contribution in [3.8, 4) is 0 Å². The van der Waals surface area contributed by atoms with Gasteiger partial charge in [-0.1, -0.05) is 23.5 Å². The fourth-order valence-electron chi connectivity index (χ4n) is 1.54. The first kappa shape index (κ1) is 10.2. The van der Waals surface area contributed by atoms with Crippen molar-refractivity contribution >= 4 is 26.7 Å². The van der Waals surface area contributed by atoms with Gasteiger partial charge in [0.25, 0.3) is 0 Å². The van der Waals surface area contributed by atoms with Gasteiger partial charge in [0.15, 0.2) is 5.13 Å². The fraction of sp³-hybridized carbons (Fsp3) is 0.0833. The second-order valence-corrected chi connectivity index (χ2v) is 4.59. The molecule has 0 unspecified atom stereocenters. The molecule has 3 aromatic rings. The van der Waals surface area contributed by atoms with Gasteiger partial charge < -0.3 is 5.32 Å². The summed E-state index contributed by atoms with van der Waals surface area (Å²) in [7, 11) is 0. The van der Waals surface area contributed by atoms with Crippen molar-refractivity contribution < 1.29 is 0 Å². The van der Waals surface area contributed by atoms with Gasteiger partial charge >= 0.3 is 0 Å². The lowest BCUT2D eigenvalue weighted by molar-refractivity contribution is 0.924. The number of thiazole rings is 1. The van der Waals surface area contributed by atoms with Gasteiger partial charge in [0.2, 0.25) is 0 Å². The molecular weight excluding hydrogens is 232 g/mol. The largest absolute Gasteiger partial charge is 0.356 e. The summed E-state index contributed by atoms with van der Waals surface area (Å²) < 4.78 is 1.19. The third-order valence-corrected chi connectivity index (χ3v) is 3.34. The molecule has 2 heterocycles. The highest BCUT2D eigenvalue weighted by Gasteiger charge is 2.02. The van der Waals surface area contributed by atoms with Crippen molar-refractivity contribution in [2.45, 2.75) is 6.54 Å². The van der Waals surface area contributed by atoms with E-state index in [9.17, 15) is 0 Å². The number of aromatic nitrogens is 3. The van der Waals surface area contributed by atoms with Crippen LogP contribution in [0.5, 0.6) is 0 Å². The van der Waals surface area contributed by atoms with Gasteiger partial charge in [-0.05, 0) is 24.3 Å². The van der Waals surface area contributed by atoms with E-state index >= 15 is 0 Å². The number of hydrogen-bond donors (Lipinski definition) is 1. The number of rotatable bonds is 3. The van der Waals surface area contributed by atoms with Crippen LogP contribution < -0.4 is 5.32 Å². The van der Waals surface area contributed by atoms with E-state index in [0.29, 0.717) is 6.54 Å². The molecule has 17 heavy (non-hydrogen) atoms. The Morgan fingerprint density at radius 1 is 1.12 bits per heavy atom. The number of para-hydroxylation sites is 1. The van der Waals surface area contributed by atoms with E-state index < -0.39 is 0 Å². The molecule has 5 heteroatoms. The van der Waals surface area contributed by atoms with Crippen molar-refractivity contribution in [3.63, 3.8) is 0 Å². The van der Waals surface area contributed by atoms with Gasteiger partial charge in [0, 0.05) is 6.20 Å². The number of fused-ring (bicyclic) bond motifs is 1. The number of nitrogens with one attached hydrogen (secondary N) is 1. The lowest BCUT2D eigenvalue weighted by atomic mass is 10.3. The monoisotopic (exact) mass is 242 g/mol. The van der Waals surface area contributed by atoms with Crippen LogP contribution in [0.1, 0.15) is 5.69 Å². The second kappa shape index (κ2) is 4.47. The van der Waals surface area contributed by atoms with E-state index in [0.717, 1.165) is 16.3 Å². The van der Waals surface area contributed by atoms with E-state index in [1.165, 1.54) is 4.70 Å². The normalized spacial score (nSPS) is 10.6. The molecule has 0 aliphatic carbocycles. The zero-order valence-electron chi connectivity index (χ0n) is 9.00. The lowest BCUT2D eigenvalue weighted by Crippen LogP contribution is -2.01. The maximum atomic E-state index is 4.49. The molecule has 1 N–H and O–H groups in total. The molecule has 4 nitrogen and oxygen atoms in total. The van der Waals surface area contributed by atoms with Crippen LogP contribution in [0.2, 0.25) is 0 Å². The molecule has 0 aliphatic rings. The summed E-state index contributed by atoms with van der Waals surface area (Å²) in [5.41, 5.74) is 1.94. The Labute approximate surface area is 102 Å². The average Bonchev–Trinajstić information content (AvgIpc) is 2.80. The van der Waals surface area contributed by atoms with Crippen molar-refractivity contribution in [1.82, 2.24) is 15.2 Å². The predicted molar refractivity (Wildman–Crippen MR) is 69.0 cm³/mol. The Morgan fingerprint density at radius 3 is 2.88 bits per heavy atom. The maximum absolute atomic E-state index is 4.49. The predicted octanol–water partition coefficient (Wildman–Crippen LogP) is 2.70. The van der Waals surface area contributed by atoms with E-state index in [-0.39, 0.29) is 0 Å². The van der Waals surface area contributed by atoms with E-state index in [1.54, 1.807) is 17.5 Å². The van der Waals surface area contributed by atoms with Crippen LogP contribution in [0.4, 0.5) is 5.13 Å². The van der Waals surface area contributed by atoms with Crippen molar-refractivity contribution in [2.24, 2.45) is 0 Å². The molecule has 0 radical (unpaired) electrons. The van der Waals surface area contributed by atoms with Gasteiger partial charge in [0.1, 0.15) is 0 Å². The molecule has 1 aromatic carbocycles.